The molecule has 5 heteroatoms. The third-order valence-electron chi connectivity index (χ3n) is 4.41. The number of rotatable bonds is 4. The zero-order valence-electron chi connectivity index (χ0n) is 13.7. The van der Waals surface area contributed by atoms with Crippen LogP contribution in [0.1, 0.15) is 41.6 Å². The van der Waals surface area contributed by atoms with Crippen LogP contribution in [0.15, 0.2) is 53.0 Å². The first-order chi connectivity index (χ1) is 12.2. The van der Waals surface area contributed by atoms with Gasteiger partial charge < -0.3 is 10.1 Å². The minimum Gasteiger partial charge on any atom is -0.490 e. The lowest BCUT2D eigenvalue weighted by molar-refractivity contribution is 0.0894. The molecule has 1 saturated carbocycles. The second kappa shape index (κ2) is 8.17. The van der Waals surface area contributed by atoms with E-state index in [1.165, 1.54) is 0 Å². The number of amides is 1. The van der Waals surface area contributed by atoms with Crippen LogP contribution in [-0.2, 0) is 0 Å². The Morgan fingerprint density at radius 1 is 1.12 bits per heavy atom. The summed E-state index contributed by atoms with van der Waals surface area (Å²) in [7, 11) is 0. The first-order valence-electron chi connectivity index (χ1n) is 8.38. The SMILES string of the molecule is N#Cc1ccc(O[C@H]2CC[C@H](NC(=O)c3ccccc3)CC2)cc1Br. The first-order valence-corrected chi connectivity index (χ1v) is 9.17. The van der Waals surface area contributed by atoms with Crippen molar-refractivity contribution in [2.24, 2.45) is 0 Å². The maximum Gasteiger partial charge on any atom is 0.251 e. The Hall–Kier alpha value is -2.32. The second-order valence-corrected chi connectivity index (χ2v) is 7.04. The molecule has 0 aliphatic heterocycles. The van der Waals surface area contributed by atoms with Crippen molar-refractivity contribution in [2.45, 2.75) is 37.8 Å². The average Bonchev–Trinajstić information content (AvgIpc) is 2.64. The van der Waals surface area contributed by atoms with Gasteiger partial charge in [-0.05, 0) is 71.9 Å². The van der Waals surface area contributed by atoms with Crippen molar-refractivity contribution in [3.05, 3.63) is 64.1 Å². The van der Waals surface area contributed by atoms with Crippen molar-refractivity contribution in [3.8, 4) is 11.8 Å². The van der Waals surface area contributed by atoms with E-state index >= 15 is 0 Å². The largest absolute Gasteiger partial charge is 0.490 e. The van der Waals surface area contributed by atoms with Crippen LogP contribution in [0.25, 0.3) is 0 Å². The number of nitriles is 1. The molecule has 0 unspecified atom stereocenters. The fourth-order valence-corrected chi connectivity index (χ4v) is 3.48. The van der Waals surface area contributed by atoms with Gasteiger partial charge in [-0.25, -0.2) is 0 Å². The monoisotopic (exact) mass is 398 g/mol. The highest BCUT2D eigenvalue weighted by Gasteiger charge is 2.24. The van der Waals surface area contributed by atoms with E-state index in [9.17, 15) is 4.79 Å². The third kappa shape index (κ3) is 4.61. The van der Waals surface area contributed by atoms with E-state index in [-0.39, 0.29) is 18.1 Å². The fourth-order valence-electron chi connectivity index (χ4n) is 3.04. The Morgan fingerprint density at radius 3 is 2.48 bits per heavy atom. The predicted octanol–water partition coefficient (Wildman–Crippen LogP) is 4.44. The van der Waals surface area contributed by atoms with E-state index < -0.39 is 0 Å². The Labute approximate surface area is 155 Å². The highest BCUT2D eigenvalue weighted by atomic mass is 79.9. The lowest BCUT2D eigenvalue weighted by Gasteiger charge is -2.29. The fraction of sp³-hybridized carbons (Fsp3) is 0.300. The summed E-state index contributed by atoms with van der Waals surface area (Å²) < 4.78 is 6.77. The number of carbonyl (C=O) groups is 1. The van der Waals surface area contributed by atoms with Gasteiger partial charge in [-0.1, -0.05) is 18.2 Å². The molecule has 1 amide bonds. The third-order valence-corrected chi connectivity index (χ3v) is 5.07. The van der Waals surface area contributed by atoms with E-state index in [0.717, 1.165) is 35.9 Å². The summed E-state index contributed by atoms with van der Waals surface area (Å²) in [6, 6.07) is 17.0. The summed E-state index contributed by atoms with van der Waals surface area (Å²) in [5, 5.41) is 12.1. The van der Waals surface area contributed by atoms with Gasteiger partial charge in [-0.2, -0.15) is 5.26 Å². The molecule has 0 saturated heterocycles. The van der Waals surface area contributed by atoms with Gasteiger partial charge in [-0.15, -0.1) is 0 Å². The van der Waals surface area contributed by atoms with Crippen molar-refractivity contribution in [3.63, 3.8) is 0 Å². The van der Waals surface area contributed by atoms with Crippen molar-refractivity contribution in [1.82, 2.24) is 5.32 Å². The van der Waals surface area contributed by atoms with Crippen LogP contribution < -0.4 is 10.1 Å². The summed E-state index contributed by atoms with van der Waals surface area (Å²) in [5.41, 5.74) is 1.29. The van der Waals surface area contributed by atoms with Crippen LogP contribution >= 0.6 is 15.9 Å². The van der Waals surface area contributed by atoms with E-state index in [4.69, 9.17) is 10.00 Å². The van der Waals surface area contributed by atoms with E-state index in [1.54, 1.807) is 6.07 Å². The minimum atomic E-state index is -0.0130. The van der Waals surface area contributed by atoms with Crippen LogP contribution in [0.2, 0.25) is 0 Å². The molecule has 25 heavy (non-hydrogen) atoms. The topological polar surface area (TPSA) is 62.1 Å². The van der Waals surface area contributed by atoms with Gasteiger partial charge in [0.15, 0.2) is 0 Å². The summed E-state index contributed by atoms with van der Waals surface area (Å²) in [4.78, 5) is 12.2. The highest BCUT2D eigenvalue weighted by Crippen LogP contribution is 2.27. The van der Waals surface area contributed by atoms with Gasteiger partial charge in [0, 0.05) is 16.1 Å². The van der Waals surface area contributed by atoms with E-state index in [0.29, 0.717) is 11.1 Å². The number of nitrogens with zero attached hydrogens (tertiary/aromatic N) is 1. The highest BCUT2D eigenvalue weighted by molar-refractivity contribution is 9.10. The molecule has 1 aliphatic carbocycles. The number of hydrogen-bond acceptors (Lipinski definition) is 3. The van der Waals surface area contributed by atoms with Gasteiger partial charge >= 0.3 is 0 Å². The molecule has 0 aromatic heterocycles. The van der Waals surface area contributed by atoms with Crippen LogP contribution in [0.4, 0.5) is 0 Å². The average molecular weight is 399 g/mol. The summed E-state index contributed by atoms with van der Waals surface area (Å²) in [6.45, 7) is 0. The van der Waals surface area contributed by atoms with Gasteiger partial charge in [0.1, 0.15) is 11.8 Å². The molecular weight excluding hydrogens is 380 g/mol. The molecule has 0 radical (unpaired) electrons. The van der Waals surface area contributed by atoms with Crippen LogP contribution in [0.5, 0.6) is 5.75 Å². The Kier molecular flexibility index (Phi) is 5.72. The number of hydrogen-bond donors (Lipinski definition) is 1. The Morgan fingerprint density at radius 2 is 1.84 bits per heavy atom. The zero-order valence-corrected chi connectivity index (χ0v) is 15.3. The molecule has 1 N–H and O–H groups in total. The van der Waals surface area contributed by atoms with Gasteiger partial charge in [-0.3, -0.25) is 4.79 Å². The van der Waals surface area contributed by atoms with E-state index in [2.05, 4.69) is 27.3 Å². The minimum absolute atomic E-state index is 0.0130. The second-order valence-electron chi connectivity index (χ2n) is 6.18. The summed E-state index contributed by atoms with van der Waals surface area (Å²) in [5.74, 6) is 0.753. The van der Waals surface area contributed by atoms with Crippen molar-refractivity contribution in [2.75, 3.05) is 0 Å². The molecule has 0 atom stereocenters. The van der Waals surface area contributed by atoms with E-state index in [1.807, 2.05) is 42.5 Å². The number of nitrogens with one attached hydrogen (secondary N) is 1. The molecule has 0 bridgehead atoms. The quantitative estimate of drug-likeness (QED) is 0.827. The number of halogens is 1. The van der Waals surface area contributed by atoms with Crippen LogP contribution in [0.3, 0.4) is 0 Å². The van der Waals surface area contributed by atoms with Crippen molar-refractivity contribution < 1.29 is 9.53 Å². The molecule has 0 spiro atoms. The molecule has 1 aliphatic rings. The Bertz CT molecular complexity index is 778. The molecule has 3 rings (SSSR count). The predicted molar refractivity (Wildman–Crippen MR) is 99.4 cm³/mol. The molecule has 2 aromatic carbocycles. The molecule has 0 heterocycles. The maximum absolute atomic E-state index is 12.2. The molecule has 2 aromatic rings. The summed E-state index contributed by atoms with van der Waals surface area (Å²) in [6.07, 6.45) is 3.75. The maximum atomic E-state index is 12.2. The normalized spacial score (nSPS) is 19.7. The van der Waals surface area contributed by atoms with Gasteiger partial charge in [0.2, 0.25) is 0 Å². The summed E-state index contributed by atoms with van der Waals surface area (Å²) >= 11 is 3.38. The Balaban J connectivity index is 1.50. The number of benzene rings is 2. The van der Waals surface area contributed by atoms with Crippen molar-refractivity contribution >= 4 is 21.8 Å². The van der Waals surface area contributed by atoms with Crippen LogP contribution in [0, 0.1) is 11.3 Å². The lowest BCUT2D eigenvalue weighted by atomic mass is 9.92. The molecule has 4 nitrogen and oxygen atoms in total. The smallest absolute Gasteiger partial charge is 0.251 e. The molecular formula is C20H19BrN2O2. The standard InChI is InChI=1S/C20H19BrN2O2/c21-19-12-18(9-6-15(19)13-22)25-17-10-7-16(8-11-17)23-20(24)14-4-2-1-3-5-14/h1-6,9,12,16-17H,7-8,10-11H2,(H,23,24)/t16-,17-. The first kappa shape index (κ1) is 17.5. The lowest BCUT2D eigenvalue weighted by Crippen LogP contribution is -2.39. The van der Waals surface area contributed by atoms with Gasteiger partial charge in [0.05, 0.1) is 11.7 Å². The molecule has 128 valence electrons. The van der Waals surface area contributed by atoms with Crippen LogP contribution in [-0.4, -0.2) is 18.1 Å². The van der Waals surface area contributed by atoms with Crippen molar-refractivity contribution in [1.29, 1.82) is 5.26 Å². The number of ether oxygens (including phenoxy) is 1. The molecule has 1 fully saturated rings. The van der Waals surface area contributed by atoms with Gasteiger partial charge in [0.25, 0.3) is 5.91 Å². The number of carbonyl (C=O) groups excluding carboxylic acids is 1. The zero-order chi connectivity index (χ0) is 17.6.